The van der Waals surface area contributed by atoms with Crippen LogP contribution in [0.25, 0.3) is 0 Å². The predicted octanol–water partition coefficient (Wildman–Crippen LogP) is 4.68. The summed E-state index contributed by atoms with van der Waals surface area (Å²) in [5, 5.41) is 2.99. The highest BCUT2D eigenvalue weighted by Crippen LogP contribution is 2.45. The molecule has 0 saturated heterocycles. The van der Waals surface area contributed by atoms with Gasteiger partial charge in [-0.05, 0) is 56.5 Å². The van der Waals surface area contributed by atoms with Crippen LogP contribution in [0.15, 0.2) is 42.5 Å². The Bertz CT molecular complexity index is 787. The smallest absolute Gasteiger partial charge is 0.235 e. The normalized spacial score (nSPS) is 15.0. The summed E-state index contributed by atoms with van der Waals surface area (Å²) < 4.78 is 24.8. The summed E-state index contributed by atoms with van der Waals surface area (Å²) in [7, 11) is 0. The van der Waals surface area contributed by atoms with Gasteiger partial charge in [-0.1, -0.05) is 18.6 Å². The Morgan fingerprint density at radius 3 is 2.50 bits per heavy atom. The Labute approximate surface area is 153 Å². The molecule has 0 radical (unpaired) electrons. The molecule has 1 aliphatic rings. The van der Waals surface area contributed by atoms with Gasteiger partial charge in [0.2, 0.25) is 5.91 Å². The number of anilines is 1. The standard InChI is InChI=1S/C21H24FNO3/c1-3-25-17-9-10-19(26-4-2)18(14-17)23-20(24)21(11-6-12-21)15-7-5-8-16(22)13-15/h5,7-10,13-14H,3-4,6,11-12H2,1-2H3,(H,23,24). The molecule has 0 aromatic heterocycles. The van der Waals surface area contributed by atoms with Crippen LogP contribution in [-0.2, 0) is 10.2 Å². The van der Waals surface area contributed by atoms with Gasteiger partial charge in [-0.2, -0.15) is 0 Å². The molecule has 4 nitrogen and oxygen atoms in total. The minimum atomic E-state index is -0.687. The Kier molecular flexibility index (Phi) is 5.45. The third kappa shape index (κ3) is 3.52. The average molecular weight is 357 g/mol. The fourth-order valence-corrected chi connectivity index (χ4v) is 3.35. The maximum Gasteiger partial charge on any atom is 0.235 e. The van der Waals surface area contributed by atoms with E-state index in [1.807, 2.05) is 26.0 Å². The molecule has 138 valence electrons. The van der Waals surface area contributed by atoms with Crippen LogP contribution in [0.3, 0.4) is 0 Å². The van der Waals surface area contributed by atoms with Gasteiger partial charge in [-0.25, -0.2) is 4.39 Å². The summed E-state index contributed by atoms with van der Waals surface area (Å²) in [6.07, 6.45) is 2.36. The molecule has 1 fully saturated rings. The van der Waals surface area contributed by atoms with Crippen molar-refractivity contribution in [2.45, 2.75) is 38.5 Å². The summed E-state index contributed by atoms with van der Waals surface area (Å²) in [6, 6.07) is 11.7. The molecule has 2 aromatic carbocycles. The molecule has 0 bridgehead atoms. The number of nitrogens with one attached hydrogen (secondary N) is 1. The molecule has 1 amide bonds. The van der Waals surface area contributed by atoms with E-state index in [1.54, 1.807) is 18.2 Å². The number of benzene rings is 2. The summed E-state index contributed by atoms with van der Waals surface area (Å²) in [5.74, 6) is 0.802. The topological polar surface area (TPSA) is 47.6 Å². The zero-order valence-electron chi connectivity index (χ0n) is 15.2. The van der Waals surface area contributed by atoms with E-state index >= 15 is 0 Å². The van der Waals surface area contributed by atoms with Crippen LogP contribution in [0, 0.1) is 5.82 Å². The lowest BCUT2D eigenvalue weighted by molar-refractivity contribution is -0.124. The first-order valence-corrected chi connectivity index (χ1v) is 9.06. The minimum absolute atomic E-state index is 0.135. The molecule has 5 heteroatoms. The number of rotatable bonds is 7. The van der Waals surface area contributed by atoms with Crippen molar-refractivity contribution in [1.82, 2.24) is 0 Å². The van der Waals surface area contributed by atoms with Gasteiger partial charge in [-0.3, -0.25) is 4.79 Å². The highest BCUT2D eigenvalue weighted by molar-refractivity contribution is 6.01. The molecule has 0 aliphatic heterocycles. The number of hydrogen-bond acceptors (Lipinski definition) is 3. The number of hydrogen-bond donors (Lipinski definition) is 1. The molecule has 0 unspecified atom stereocenters. The zero-order chi connectivity index (χ0) is 18.6. The lowest BCUT2D eigenvalue weighted by Gasteiger charge is -2.40. The maximum atomic E-state index is 13.7. The van der Waals surface area contributed by atoms with Crippen LogP contribution in [-0.4, -0.2) is 19.1 Å². The van der Waals surface area contributed by atoms with E-state index in [4.69, 9.17) is 9.47 Å². The third-order valence-electron chi connectivity index (χ3n) is 4.83. The summed E-state index contributed by atoms with van der Waals surface area (Å²) in [4.78, 5) is 13.1. The molecular weight excluding hydrogens is 333 g/mol. The number of halogens is 1. The van der Waals surface area contributed by atoms with Crippen LogP contribution in [0.5, 0.6) is 11.5 Å². The number of carbonyl (C=O) groups is 1. The Morgan fingerprint density at radius 1 is 1.12 bits per heavy atom. The van der Waals surface area contributed by atoms with Crippen molar-refractivity contribution >= 4 is 11.6 Å². The molecular formula is C21H24FNO3. The van der Waals surface area contributed by atoms with Gasteiger partial charge < -0.3 is 14.8 Å². The van der Waals surface area contributed by atoms with Gasteiger partial charge >= 0.3 is 0 Å². The van der Waals surface area contributed by atoms with Gasteiger partial charge in [0.1, 0.15) is 17.3 Å². The molecule has 1 saturated carbocycles. The molecule has 26 heavy (non-hydrogen) atoms. The largest absolute Gasteiger partial charge is 0.494 e. The molecule has 0 heterocycles. The van der Waals surface area contributed by atoms with Crippen molar-refractivity contribution in [1.29, 1.82) is 0 Å². The minimum Gasteiger partial charge on any atom is -0.494 e. The van der Waals surface area contributed by atoms with E-state index in [1.165, 1.54) is 12.1 Å². The van der Waals surface area contributed by atoms with Gasteiger partial charge in [0, 0.05) is 6.07 Å². The second-order valence-corrected chi connectivity index (χ2v) is 6.42. The molecule has 1 N–H and O–H groups in total. The summed E-state index contributed by atoms with van der Waals surface area (Å²) in [6.45, 7) is 4.82. The third-order valence-corrected chi connectivity index (χ3v) is 4.83. The van der Waals surface area contributed by atoms with Crippen molar-refractivity contribution in [3.05, 3.63) is 53.8 Å². The van der Waals surface area contributed by atoms with Gasteiger partial charge in [0.25, 0.3) is 0 Å². The predicted molar refractivity (Wildman–Crippen MR) is 99.3 cm³/mol. The lowest BCUT2D eigenvalue weighted by Crippen LogP contribution is -2.46. The van der Waals surface area contributed by atoms with Crippen molar-refractivity contribution in [2.24, 2.45) is 0 Å². The second kappa shape index (κ2) is 7.77. The second-order valence-electron chi connectivity index (χ2n) is 6.42. The number of carbonyl (C=O) groups excluding carboxylic acids is 1. The van der Waals surface area contributed by atoms with Crippen molar-refractivity contribution in [3.63, 3.8) is 0 Å². The molecule has 0 spiro atoms. The zero-order valence-corrected chi connectivity index (χ0v) is 15.2. The monoisotopic (exact) mass is 357 g/mol. The highest BCUT2D eigenvalue weighted by Gasteiger charge is 2.46. The highest BCUT2D eigenvalue weighted by atomic mass is 19.1. The van der Waals surface area contributed by atoms with E-state index < -0.39 is 5.41 Å². The van der Waals surface area contributed by atoms with Gasteiger partial charge in [0.05, 0.1) is 24.3 Å². The van der Waals surface area contributed by atoms with Crippen molar-refractivity contribution in [2.75, 3.05) is 18.5 Å². The lowest BCUT2D eigenvalue weighted by atomic mass is 9.63. The molecule has 0 atom stereocenters. The molecule has 2 aromatic rings. The Balaban J connectivity index is 1.89. The summed E-state index contributed by atoms with van der Waals surface area (Å²) >= 11 is 0. The number of amides is 1. The van der Waals surface area contributed by atoms with Gasteiger partial charge in [-0.15, -0.1) is 0 Å². The first-order chi connectivity index (χ1) is 12.6. The van der Waals surface area contributed by atoms with Crippen molar-refractivity contribution in [3.8, 4) is 11.5 Å². The number of ether oxygens (including phenoxy) is 2. The average Bonchev–Trinajstić information content (AvgIpc) is 2.57. The van der Waals surface area contributed by atoms with E-state index in [-0.39, 0.29) is 11.7 Å². The van der Waals surface area contributed by atoms with E-state index in [0.717, 1.165) is 12.0 Å². The van der Waals surface area contributed by atoms with Gasteiger partial charge in [0.15, 0.2) is 0 Å². The van der Waals surface area contributed by atoms with E-state index in [9.17, 15) is 9.18 Å². The van der Waals surface area contributed by atoms with Crippen LogP contribution >= 0.6 is 0 Å². The maximum absolute atomic E-state index is 13.7. The fourth-order valence-electron chi connectivity index (χ4n) is 3.35. The Hall–Kier alpha value is -2.56. The molecule has 1 aliphatic carbocycles. The first kappa shape index (κ1) is 18.2. The van der Waals surface area contributed by atoms with Crippen LogP contribution < -0.4 is 14.8 Å². The quantitative estimate of drug-likeness (QED) is 0.782. The first-order valence-electron chi connectivity index (χ1n) is 9.06. The van der Waals surface area contributed by atoms with E-state index in [0.29, 0.717) is 43.2 Å². The SMILES string of the molecule is CCOc1ccc(OCC)c(NC(=O)C2(c3cccc(F)c3)CCC2)c1. The van der Waals surface area contributed by atoms with Crippen LogP contribution in [0.4, 0.5) is 10.1 Å². The summed E-state index contributed by atoms with van der Waals surface area (Å²) in [5.41, 5.74) is 0.610. The van der Waals surface area contributed by atoms with Crippen LogP contribution in [0.2, 0.25) is 0 Å². The molecule has 3 rings (SSSR count). The van der Waals surface area contributed by atoms with Crippen LogP contribution in [0.1, 0.15) is 38.7 Å². The fraction of sp³-hybridized carbons (Fsp3) is 0.381. The Morgan fingerprint density at radius 2 is 1.88 bits per heavy atom. The van der Waals surface area contributed by atoms with E-state index in [2.05, 4.69) is 5.32 Å². The van der Waals surface area contributed by atoms with Crippen molar-refractivity contribution < 1.29 is 18.7 Å².